The number of anilines is 2. The van der Waals surface area contributed by atoms with E-state index in [0.717, 1.165) is 10.2 Å². The van der Waals surface area contributed by atoms with Gasteiger partial charge in [-0.25, -0.2) is 4.79 Å². The van der Waals surface area contributed by atoms with E-state index in [-0.39, 0.29) is 6.03 Å². The molecule has 0 heterocycles. The topological polar surface area (TPSA) is 41.6 Å². The normalized spacial score (nSPS) is 9.95. The molecular formula is C15H15BrN2O2. The molecule has 2 amide bonds. The highest BCUT2D eigenvalue weighted by Gasteiger charge is 2.14. The largest absolute Gasteiger partial charge is 0.495 e. The Hall–Kier alpha value is -2.01. The van der Waals surface area contributed by atoms with Crippen LogP contribution in [0.1, 0.15) is 0 Å². The van der Waals surface area contributed by atoms with Gasteiger partial charge >= 0.3 is 6.03 Å². The third kappa shape index (κ3) is 3.11. The molecule has 0 bridgehead atoms. The Balaban J connectivity index is 2.18. The van der Waals surface area contributed by atoms with Crippen molar-refractivity contribution in [3.8, 4) is 5.75 Å². The molecule has 0 unspecified atom stereocenters. The van der Waals surface area contributed by atoms with E-state index < -0.39 is 0 Å². The maximum absolute atomic E-state index is 12.3. The number of urea groups is 1. The lowest BCUT2D eigenvalue weighted by Crippen LogP contribution is -2.31. The Morgan fingerprint density at radius 3 is 2.50 bits per heavy atom. The van der Waals surface area contributed by atoms with Crippen LogP contribution in [0.2, 0.25) is 0 Å². The Kier molecular flexibility index (Phi) is 4.63. The summed E-state index contributed by atoms with van der Waals surface area (Å²) < 4.78 is 6.07. The van der Waals surface area contributed by atoms with Crippen LogP contribution in [-0.4, -0.2) is 20.2 Å². The van der Waals surface area contributed by atoms with Gasteiger partial charge in [-0.3, -0.25) is 4.90 Å². The van der Waals surface area contributed by atoms with Crippen LogP contribution in [0.5, 0.6) is 5.75 Å². The fourth-order valence-corrected chi connectivity index (χ4v) is 2.33. The lowest BCUT2D eigenvalue weighted by Gasteiger charge is -2.20. The highest BCUT2D eigenvalue weighted by atomic mass is 79.9. The number of para-hydroxylation sites is 3. The number of hydrogen-bond donors (Lipinski definition) is 1. The van der Waals surface area contributed by atoms with Crippen LogP contribution in [0.15, 0.2) is 53.0 Å². The molecule has 0 saturated heterocycles. The third-order valence-electron chi connectivity index (χ3n) is 2.87. The van der Waals surface area contributed by atoms with Crippen LogP contribution < -0.4 is 15.0 Å². The minimum atomic E-state index is -0.235. The fourth-order valence-electron chi connectivity index (χ4n) is 1.78. The number of benzene rings is 2. The summed E-state index contributed by atoms with van der Waals surface area (Å²) in [5.74, 6) is 0.626. The zero-order valence-electron chi connectivity index (χ0n) is 11.3. The van der Waals surface area contributed by atoms with Gasteiger partial charge in [0.15, 0.2) is 0 Å². The molecule has 2 aromatic carbocycles. The van der Waals surface area contributed by atoms with Crippen molar-refractivity contribution in [2.75, 3.05) is 24.4 Å². The second-order valence-electron chi connectivity index (χ2n) is 4.14. The summed E-state index contributed by atoms with van der Waals surface area (Å²) in [7, 11) is 3.29. The van der Waals surface area contributed by atoms with Gasteiger partial charge < -0.3 is 10.1 Å². The average Bonchev–Trinajstić information content (AvgIpc) is 2.47. The molecule has 1 N–H and O–H groups in total. The molecule has 0 aliphatic heterocycles. The summed E-state index contributed by atoms with van der Waals surface area (Å²) in [6.45, 7) is 0. The fraction of sp³-hybridized carbons (Fsp3) is 0.133. The highest BCUT2D eigenvalue weighted by Crippen LogP contribution is 2.27. The second kappa shape index (κ2) is 6.43. The van der Waals surface area contributed by atoms with E-state index in [0.29, 0.717) is 11.4 Å². The minimum Gasteiger partial charge on any atom is -0.495 e. The summed E-state index contributed by atoms with van der Waals surface area (Å²) in [4.78, 5) is 13.8. The van der Waals surface area contributed by atoms with Crippen LogP contribution in [0.25, 0.3) is 0 Å². The third-order valence-corrected chi connectivity index (χ3v) is 3.54. The predicted octanol–water partition coefficient (Wildman–Crippen LogP) is 4.13. The Bertz CT molecular complexity index is 616. The standard InChI is InChI=1S/C15H15BrN2O2/c1-18(13-9-5-3-7-11(13)16)15(19)17-12-8-4-6-10-14(12)20-2/h3-10H,1-2H3,(H,17,19). The number of halogens is 1. The number of ether oxygens (including phenoxy) is 1. The lowest BCUT2D eigenvalue weighted by atomic mass is 10.3. The Labute approximate surface area is 126 Å². The van der Waals surface area contributed by atoms with E-state index in [4.69, 9.17) is 4.74 Å². The molecule has 0 spiro atoms. The number of rotatable bonds is 3. The van der Waals surface area contributed by atoms with Gasteiger partial charge in [-0.05, 0) is 40.2 Å². The predicted molar refractivity (Wildman–Crippen MR) is 84.6 cm³/mol. The molecule has 0 atom stereocenters. The van der Waals surface area contributed by atoms with Crippen LogP contribution in [0.4, 0.5) is 16.2 Å². The van der Waals surface area contributed by atoms with E-state index in [9.17, 15) is 4.79 Å². The first-order valence-corrected chi connectivity index (χ1v) is 6.85. The smallest absolute Gasteiger partial charge is 0.326 e. The molecule has 104 valence electrons. The van der Waals surface area contributed by atoms with Gasteiger partial charge in [-0.15, -0.1) is 0 Å². The molecule has 0 aliphatic carbocycles. The number of nitrogens with zero attached hydrogens (tertiary/aromatic N) is 1. The van der Waals surface area contributed by atoms with Crippen LogP contribution in [0.3, 0.4) is 0 Å². The summed E-state index contributed by atoms with van der Waals surface area (Å²) in [5.41, 5.74) is 1.43. The van der Waals surface area contributed by atoms with Crippen LogP contribution in [-0.2, 0) is 0 Å². The number of carbonyl (C=O) groups excluding carboxylic acids is 1. The van der Waals surface area contributed by atoms with Gasteiger partial charge in [0.05, 0.1) is 18.5 Å². The van der Waals surface area contributed by atoms with Crippen molar-refractivity contribution in [3.05, 3.63) is 53.0 Å². The molecule has 0 fully saturated rings. The number of carbonyl (C=O) groups is 1. The average molecular weight is 335 g/mol. The first kappa shape index (κ1) is 14.4. The van der Waals surface area contributed by atoms with Crippen LogP contribution >= 0.6 is 15.9 Å². The SMILES string of the molecule is COc1ccccc1NC(=O)N(C)c1ccccc1Br. The molecule has 2 aromatic rings. The molecule has 0 saturated carbocycles. The molecule has 4 nitrogen and oxygen atoms in total. The van der Waals surface area contributed by atoms with Crippen molar-refractivity contribution in [3.63, 3.8) is 0 Å². The van der Waals surface area contributed by atoms with Gasteiger partial charge in [0, 0.05) is 11.5 Å². The van der Waals surface area contributed by atoms with Crippen molar-refractivity contribution in [2.45, 2.75) is 0 Å². The highest BCUT2D eigenvalue weighted by molar-refractivity contribution is 9.10. The summed E-state index contributed by atoms with van der Waals surface area (Å²) >= 11 is 3.43. The number of amides is 2. The van der Waals surface area contributed by atoms with E-state index in [2.05, 4.69) is 21.2 Å². The lowest BCUT2D eigenvalue weighted by molar-refractivity contribution is 0.258. The van der Waals surface area contributed by atoms with E-state index in [1.54, 1.807) is 26.3 Å². The monoisotopic (exact) mass is 334 g/mol. The molecule has 5 heteroatoms. The first-order valence-electron chi connectivity index (χ1n) is 6.05. The second-order valence-corrected chi connectivity index (χ2v) is 5.00. The van der Waals surface area contributed by atoms with Crippen molar-refractivity contribution in [1.29, 1.82) is 0 Å². The Morgan fingerprint density at radius 2 is 1.80 bits per heavy atom. The van der Waals surface area contributed by atoms with Gasteiger partial charge in [-0.2, -0.15) is 0 Å². The molecule has 0 aliphatic rings. The van der Waals surface area contributed by atoms with Crippen molar-refractivity contribution in [1.82, 2.24) is 0 Å². The van der Waals surface area contributed by atoms with Crippen molar-refractivity contribution in [2.24, 2.45) is 0 Å². The maximum atomic E-state index is 12.3. The zero-order valence-corrected chi connectivity index (χ0v) is 12.8. The summed E-state index contributed by atoms with van der Waals surface area (Å²) in [5, 5.41) is 2.83. The van der Waals surface area contributed by atoms with Gasteiger partial charge in [0.1, 0.15) is 5.75 Å². The van der Waals surface area contributed by atoms with Crippen LogP contribution in [0, 0.1) is 0 Å². The van der Waals surface area contributed by atoms with Gasteiger partial charge in [0.25, 0.3) is 0 Å². The Morgan fingerprint density at radius 1 is 1.15 bits per heavy atom. The van der Waals surface area contributed by atoms with E-state index in [1.165, 1.54) is 4.90 Å². The first-order chi connectivity index (χ1) is 9.63. The molecule has 2 rings (SSSR count). The summed E-state index contributed by atoms with van der Waals surface area (Å²) in [6.07, 6.45) is 0. The summed E-state index contributed by atoms with van der Waals surface area (Å²) in [6, 6.07) is 14.6. The number of methoxy groups -OCH3 is 1. The van der Waals surface area contributed by atoms with E-state index in [1.807, 2.05) is 36.4 Å². The minimum absolute atomic E-state index is 0.235. The zero-order chi connectivity index (χ0) is 14.5. The van der Waals surface area contributed by atoms with Crippen molar-refractivity contribution < 1.29 is 9.53 Å². The quantitative estimate of drug-likeness (QED) is 0.916. The molecule has 0 aromatic heterocycles. The number of hydrogen-bond acceptors (Lipinski definition) is 2. The van der Waals surface area contributed by atoms with Gasteiger partial charge in [-0.1, -0.05) is 24.3 Å². The number of nitrogens with one attached hydrogen (secondary N) is 1. The molecular weight excluding hydrogens is 320 g/mol. The van der Waals surface area contributed by atoms with Gasteiger partial charge in [0.2, 0.25) is 0 Å². The van der Waals surface area contributed by atoms with Crippen molar-refractivity contribution >= 4 is 33.3 Å². The maximum Gasteiger partial charge on any atom is 0.326 e. The molecule has 0 radical (unpaired) electrons. The van der Waals surface area contributed by atoms with E-state index >= 15 is 0 Å². The molecule has 20 heavy (non-hydrogen) atoms.